The lowest BCUT2D eigenvalue weighted by Gasteiger charge is -2.11. The van der Waals surface area contributed by atoms with E-state index in [1.807, 2.05) is 19.9 Å². The standard InChI is InChI=1S/C13H15ClN2O2/c1-7-4-9(14)5-10(12(7)17-3)13-11(6-15)8(2)16-18-13/h4-5H,6,15H2,1-3H3. The van der Waals surface area contributed by atoms with Crippen molar-refractivity contribution in [2.24, 2.45) is 5.73 Å². The van der Waals surface area contributed by atoms with Gasteiger partial charge in [0.25, 0.3) is 0 Å². The Labute approximate surface area is 111 Å². The van der Waals surface area contributed by atoms with Crippen LogP contribution in [0.25, 0.3) is 11.3 Å². The van der Waals surface area contributed by atoms with E-state index >= 15 is 0 Å². The van der Waals surface area contributed by atoms with Gasteiger partial charge in [0.05, 0.1) is 18.4 Å². The Hall–Kier alpha value is -1.52. The van der Waals surface area contributed by atoms with Gasteiger partial charge in [-0.15, -0.1) is 0 Å². The van der Waals surface area contributed by atoms with Crippen molar-refractivity contribution in [2.45, 2.75) is 20.4 Å². The van der Waals surface area contributed by atoms with Gasteiger partial charge in [-0.3, -0.25) is 0 Å². The van der Waals surface area contributed by atoms with Crippen LogP contribution < -0.4 is 10.5 Å². The summed E-state index contributed by atoms with van der Waals surface area (Å²) in [6.45, 7) is 4.15. The van der Waals surface area contributed by atoms with E-state index in [9.17, 15) is 0 Å². The number of rotatable bonds is 3. The second-order valence-corrected chi connectivity index (χ2v) is 4.52. The number of nitrogens with zero attached hydrogens (tertiary/aromatic N) is 1. The summed E-state index contributed by atoms with van der Waals surface area (Å²) in [4.78, 5) is 0. The lowest BCUT2D eigenvalue weighted by atomic mass is 10.0. The molecule has 0 unspecified atom stereocenters. The minimum atomic E-state index is 0.360. The van der Waals surface area contributed by atoms with Gasteiger partial charge in [-0.2, -0.15) is 0 Å². The summed E-state index contributed by atoms with van der Waals surface area (Å²) in [7, 11) is 1.62. The summed E-state index contributed by atoms with van der Waals surface area (Å²) in [5, 5.41) is 4.57. The van der Waals surface area contributed by atoms with Crippen LogP contribution in [0.2, 0.25) is 5.02 Å². The highest BCUT2D eigenvalue weighted by molar-refractivity contribution is 6.31. The van der Waals surface area contributed by atoms with E-state index in [4.69, 9.17) is 26.6 Å². The molecule has 0 amide bonds. The number of benzene rings is 1. The number of hydrogen-bond acceptors (Lipinski definition) is 4. The summed E-state index contributed by atoms with van der Waals surface area (Å²) < 4.78 is 10.8. The van der Waals surface area contributed by atoms with Crippen molar-refractivity contribution in [2.75, 3.05) is 7.11 Å². The largest absolute Gasteiger partial charge is 0.496 e. The minimum absolute atomic E-state index is 0.360. The van der Waals surface area contributed by atoms with Crippen LogP contribution in [0.3, 0.4) is 0 Å². The van der Waals surface area contributed by atoms with Crippen molar-refractivity contribution in [1.29, 1.82) is 0 Å². The summed E-state index contributed by atoms with van der Waals surface area (Å²) >= 11 is 6.08. The van der Waals surface area contributed by atoms with Crippen LogP contribution in [-0.4, -0.2) is 12.3 Å². The third-order valence-corrected chi connectivity index (χ3v) is 3.10. The van der Waals surface area contributed by atoms with Gasteiger partial charge in [-0.05, 0) is 31.5 Å². The first-order valence-electron chi connectivity index (χ1n) is 5.58. The maximum atomic E-state index is 6.08. The Morgan fingerprint density at radius 3 is 2.72 bits per heavy atom. The van der Waals surface area contributed by atoms with E-state index in [-0.39, 0.29) is 0 Å². The predicted octanol–water partition coefficient (Wildman–Crippen LogP) is 3.08. The molecule has 4 nitrogen and oxygen atoms in total. The number of methoxy groups -OCH3 is 1. The maximum absolute atomic E-state index is 6.08. The van der Waals surface area contributed by atoms with Crippen molar-refractivity contribution in [3.05, 3.63) is 34.0 Å². The number of aromatic nitrogens is 1. The van der Waals surface area contributed by atoms with Gasteiger partial charge in [0.2, 0.25) is 0 Å². The molecule has 0 saturated carbocycles. The third-order valence-electron chi connectivity index (χ3n) is 2.88. The van der Waals surface area contributed by atoms with Crippen molar-refractivity contribution in [3.63, 3.8) is 0 Å². The molecule has 0 aliphatic carbocycles. The number of aryl methyl sites for hydroxylation is 2. The summed E-state index contributed by atoms with van der Waals surface area (Å²) in [6.07, 6.45) is 0. The van der Waals surface area contributed by atoms with Crippen LogP contribution in [0.4, 0.5) is 0 Å². The van der Waals surface area contributed by atoms with E-state index < -0.39 is 0 Å². The maximum Gasteiger partial charge on any atom is 0.175 e. The molecule has 2 N–H and O–H groups in total. The fourth-order valence-corrected chi connectivity index (χ4v) is 2.28. The molecule has 0 bridgehead atoms. The Morgan fingerprint density at radius 1 is 1.39 bits per heavy atom. The highest BCUT2D eigenvalue weighted by Crippen LogP contribution is 2.37. The molecule has 96 valence electrons. The minimum Gasteiger partial charge on any atom is -0.496 e. The van der Waals surface area contributed by atoms with Crippen molar-refractivity contribution < 1.29 is 9.26 Å². The molecule has 0 aliphatic rings. The summed E-state index contributed by atoms with van der Waals surface area (Å²) in [5.41, 5.74) is 9.10. The fraction of sp³-hybridized carbons (Fsp3) is 0.308. The van der Waals surface area contributed by atoms with Gasteiger partial charge in [-0.1, -0.05) is 16.8 Å². The molecule has 0 atom stereocenters. The van der Waals surface area contributed by atoms with Crippen LogP contribution in [0, 0.1) is 13.8 Å². The quantitative estimate of drug-likeness (QED) is 0.927. The average Bonchev–Trinajstić information content (AvgIpc) is 2.69. The lowest BCUT2D eigenvalue weighted by molar-refractivity contribution is 0.402. The highest BCUT2D eigenvalue weighted by Gasteiger charge is 2.19. The molecule has 0 spiro atoms. The second kappa shape index (κ2) is 5.00. The smallest absolute Gasteiger partial charge is 0.175 e. The molecule has 1 aromatic heterocycles. The molecule has 0 saturated heterocycles. The Morgan fingerprint density at radius 2 is 2.11 bits per heavy atom. The Bertz CT molecular complexity index is 579. The second-order valence-electron chi connectivity index (χ2n) is 4.08. The first kappa shape index (κ1) is 12.9. The van der Waals surface area contributed by atoms with Crippen LogP contribution in [0.1, 0.15) is 16.8 Å². The first-order chi connectivity index (χ1) is 8.58. The average molecular weight is 267 g/mol. The van der Waals surface area contributed by atoms with E-state index in [2.05, 4.69) is 5.16 Å². The molecular weight excluding hydrogens is 252 g/mol. The summed E-state index contributed by atoms with van der Waals surface area (Å²) in [6, 6.07) is 3.64. The molecular formula is C13H15ClN2O2. The Balaban J connectivity index is 2.69. The summed E-state index contributed by atoms with van der Waals surface area (Å²) in [5.74, 6) is 1.35. The van der Waals surface area contributed by atoms with Crippen molar-refractivity contribution in [1.82, 2.24) is 5.16 Å². The molecule has 0 aliphatic heterocycles. The topological polar surface area (TPSA) is 61.3 Å². The van der Waals surface area contributed by atoms with Gasteiger partial charge >= 0.3 is 0 Å². The monoisotopic (exact) mass is 266 g/mol. The molecule has 0 fully saturated rings. The van der Waals surface area contributed by atoms with E-state index in [0.29, 0.717) is 17.3 Å². The van der Waals surface area contributed by atoms with Gasteiger partial charge in [0.15, 0.2) is 5.76 Å². The molecule has 1 aromatic carbocycles. The Kier molecular flexibility index (Phi) is 3.59. The van der Waals surface area contributed by atoms with Crippen molar-refractivity contribution in [3.8, 4) is 17.1 Å². The highest BCUT2D eigenvalue weighted by atomic mass is 35.5. The molecule has 5 heteroatoms. The van der Waals surface area contributed by atoms with Gasteiger partial charge < -0.3 is 15.0 Å². The normalized spacial score (nSPS) is 10.7. The van der Waals surface area contributed by atoms with Crippen LogP contribution in [0.5, 0.6) is 5.75 Å². The molecule has 18 heavy (non-hydrogen) atoms. The zero-order valence-electron chi connectivity index (χ0n) is 10.6. The fourth-order valence-electron chi connectivity index (χ4n) is 2.01. The van der Waals surface area contributed by atoms with E-state index in [1.165, 1.54) is 0 Å². The first-order valence-corrected chi connectivity index (χ1v) is 5.96. The van der Waals surface area contributed by atoms with E-state index in [0.717, 1.165) is 28.1 Å². The SMILES string of the molecule is COc1c(C)cc(Cl)cc1-c1onc(C)c1CN. The van der Waals surface area contributed by atoms with Crippen LogP contribution >= 0.6 is 11.6 Å². The van der Waals surface area contributed by atoms with Crippen LogP contribution in [0.15, 0.2) is 16.7 Å². The number of halogens is 1. The predicted molar refractivity (Wildman–Crippen MR) is 70.9 cm³/mol. The zero-order valence-corrected chi connectivity index (χ0v) is 11.3. The van der Waals surface area contributed by atoms with Crippen molar-refractivity contribution >= 4 is 11.6 Å². The van der Waals surface area contributed by atoms with Gasteiger partial charge in [-0.25, -0.2) is 0 Å². The number of nitrogens with two attached hydrogens (primary N) is 1. The number of hydrogen-bond donors (Lipinski definition) is 1. The molecule has 0 radical (unpaired) electrons. The third kappa shape index (κ3) is 2.09. The molecule has 2 aromatic rings. The van der Waals surface area contributed by atoms with Crippen LogP contribution in [-0.2, 0) is 6.54 Å². The van der Waals surface area contributed by atoms with Gasteiger partial charge in [0.1, 0.15) is 5.75 Å². The zero-order chi connectivity index (χ0) is 13.3. The molecule has 1 heterocycles. The van der Waals surface area contributed by atoms with E-state index in [1.54, 1.807) is 13.2 Å². The molecule has 2 rings (SSSR count). The number of ether oxygens (including phenoxy) is 1. The van der Waals surface area contributed by atoms with Gasteiger partial charge in [0, 0.05) is 17.1 Å². The lowest BCUT2D eigenvalue weighted by Crippen LogP contribution is -2.00.